The van der Waals surface area contributed by atoms with Gasteiger partial charge in [-0.1, -0.05) is 32.9 Å². The largest absolute Gasteiger partial charge is 0.381 e. The fraction of sp³-hybridized carbons (Fsp3) is 0.500. The number of nitrogens with one attached hydrogen (secondary N) is 2. The average Bonchev–Trinajstić information content (AvgIpc) is 2.99. The molecule has 0 saturated carbocycles. The number of hydrogen-bond donors (Lipinski definition) is 2. The van der Waals surface area contributed by atoms with Crippen molar-refractivity contribution in [2.75, 3.05) is 18.5 Å². The molecule has 1 saturated heterocycles. The number of urea groups is 1. The summed E-state index contributed by atoms with van der Waals surface area (Å²) < 4.78 is 7.15. The van der Waals surface area contributed by atoms with Crippen molar-refractivity contribution in [3.05, 3.63) is 41.6 Å². The monoisotopic (exact) mass is 356 g/mol. The number of hydrogen-bond acceptors (Lipinski definition) is 3. The van der Waals surface area contributed by atoms with E-state index in [0.29, 0.717) is 19.0 Å². The summed E-state index contributed by atoms with van der Waals surface area (Å²) in [7, 11) is 0. The normalized spacial score (nSPS) is 15.7. The topological polar surface area (TPSA) is 68.2 Å². The first kappa shape index (κ1) is 18.5. The third-order valence-electron chi connectivity index (χ3n) is 4.52. The Morgan fingerprint density at radius 3 is 2.62 bits per heavy atom. The fourth-order valence-electron chi connectivity index (χ4n) is 2.97. The van der Waals surface area contributed by atoms with Gasteiger partial charge in [0.15, 0.2) is 0 Å². The summed E-state index contributed by atoms with van der Waals surface area (Å²) >= 11 is 0. The molecule has 140 valence electrons. The molecule has 0 atom stereocenters. The zero-order valence-electron chi connectivity index (χ0n) is 16.0. The molecule has 2 amide bonds. The molecule has 0 spiro atoms. The van der Waals surface area contributed by atoms with Crippen molar-refractivity contribution in [2.45, 2.75) is 52.0 Å². The Bertz CT molecular complexity index is 770. The van der Waals surface area contributed by atoms with Crippen LogP contribution in [-0.2, 0) is 10.2 Å². The van der Waals surface area contributed by atoms with Crippen LogP contribution >= 0.6 is 0 Å². The molecule has 0 radical (unpaired) electrons. The number of carbonyl (C=O) groups excluding carboxylic acids is 1. The van der Waals surface area contributed by atoms with Crippen LogP contribution in [0.2, 0.25) is 0 Å². The lowest BCUT2D eigenvalue weighted by Gasteiger charge is -2.23. The van der Waals surface area contributed by atoms with E-state index in [1.807, 2.05) is 31.2 Å². The number of anilines is 1. The predicted molar refractivity (Wildman–Crippen MR) is 103 cm³/mol. The lowest BCUT2D eigenvalue weighted by Crippen LogP contribution is -2.41. The Morgan fingerprint density at radius 1 is 1.23 bits per heavy atom. The molecule has 1 aromatic carbocycles. The number of aromatic nitrogens is 2. The first-order chi connectivity index (χ1) is 12.3. The van der Waals surface area contributed by atoms with E-state index in [9.17, 15) is 4.79 Å². The van der Waals surface area contributed by atoms with Crippen molar-refractivity contribution in [2.24, 2.45) is 0 Å². The molecule has 2 aromatic rings. The Hall–Kier alpha value is -2.34. The van der Waals surface area contributed by atoms with Crippen molar-refractivity contribution >= 4 is 11.8 Å². The van der Waals surface area contributed by atoms with Gasteiger partial charge in [0.05, 0.1) is 11.4 Å². The summed E-state index contributed by atoms with van der Waals surface area (Å²) in [5, 5.41) is 10.8. The van der Waals surface area contributed by atoms with Crippen LogP contribution in [0.15, 0.2) is 30.3 Å². The molecule has 6 nitrogen and oxygen atoms in total. The summed E-state index contributed by atoms with van der Waals surface area (Å²) in [6.45, 7) is 9.77. The van der Waals surface area contributed by atoms with Crippen molar-refractivity contribution in [3.8, 4) is 5.69 Å². The number of ether oxygens (including phenoxy) is 1. The van der Waals surface area contributed by atoms with Gasteiger partial charge in [-0.3, -0.25) is 5.32 Å². The van der Waals surface area contributed by atoms with Crippen LogP contribution in [-0.4, -0.2) is 35.1 Å². The lowest BCUT2D eigenvalue weighted by atomic mass is 9.92. The Kier molecular flexibility index (Phi) is 5.32. The van der Waals surface area contributed by atoms with Gasteiger partial charge >= 0.3 is 6.03 Å². The van der Waals surface area contributed by atoms with Crippen LogP contribution < -0.4 is 10.6 Å². The van der Waals surface area contributed by atoms with Crippen LogP contribution in [0.4, 0.5) is 10.6 Å². The van der Waals surface area contributed by atoms with Crippen molar-refractivity contribution in [1.29, 1.82) is 0 Å². The molecule has 1 aromatic heterocycles. The Labute approximate surface area is 154 Å². The Balaban J connectivity index is 1.84. The fourth-order valence-corrected chi connectivity index (χ4v) is 2.97. The zero-order valence-corrected chi connectivity index (χ0v) is 16.0. The van der Waals surface area contributed by atoms with Gasteiger partial charge in [-0.15, -0.1) is 0 Å². The molecule has 6 heteroatoms. The second-order valence-electron chi connectivity index (χ2n) is 7.90. The number of benzene rings is 1. The first-order valence-corrected chi connectivity index (χ1v) is 9.16. The van der Waals surface area contributed by atoms with E-state index in [4.69, 9.17) is 9.84 Å². The average molecular weight is 356 g/mol. The number of rotatable bonds is 3. The minimum Gasteiger partial charge on any atom is -0.381 e. The minimum absolute atomic E-state index is 0.108. The smallest absolute Gasteiger partial charge is 0.320 e. The molecule has 1 fully saturated rings. The summed E-state index contributed by atoms with van der Waals surface area (Å²) in [6, 6.07) is 9.99. The van der Waals surface area contributed by atoms with E-state index in [1.54, 1.807) is 4.68 Å². The van der Waals surface area contributed by atoms with E-state index < -0.39 is 0 Å². The standard InChI is InChI=1S/C20H28N4O2/c1-14-6-5-7-16(12-14)24-18(13-17(23-24)20(2,3)4)22-19(25)21-15-8-10-26-11-9-15/h5-7,12-13,15H,8-11H2,1-4H3,(H2,21,22,25). The number of carbonyl (C=O) groups is 1. The molecule has 1 aliphatic rings. The summed E-state index contributed by atoms with van der Waals surface area (Å²) in [5.74, 6) is 0.671. The third kappa shape index (κ3) is 4.43. The van der Waals surface area contributed by atoms with Crippen molar-refractivity contribution in [3.63, 3.8) is 0 Å². The summed E-state index contributed by atoms with van der Waals surface area (Å²) in [5.41, 5.74) is 2.90. The number of amides is 2. The van der Waals surface area contributed by atoms with Crippen LogP contribution in [0.25, 0.3) is 5.69 Å². The molecule has 0 unspecified atom stereocenters. The Morgan fingerprint density at radius 2 is 1.96 bits per heavy atom. The van der Waals surface area contributed by atoms with Gasteiger partial charge in [-0.2, -0.15) is 5.10 Å². The lowest BCUT2D eigenvalue weighted by molar-refractivity contribution is 0.0806. The third-order valence-corrected chi connectivity index (χ3v) is 4.52. The van der Waals surface area contributed by atoms with Crippen molar-refractivity contribution < 1.29 is 9.53 Å². The molecular weight excluding hydrogens is 328 g/mol. The second-order valence-corrected chi connectivity index (χ2v) is 7.90. The molecular formula is C20H28N4O2. The van der Waals surface area contributed by atoms with E-state index in [1.165, 1.54) is 0 Å². The second kappa shape index (κ2) is 7.50. The van der Waals surface area contributed by atoms with Crippen molar-refractivity contribution in [1.82, 2.24) is 15.1 Å². The van der Waals surface area contributed by atoms with Crippen LogP contribution in [0.1, 0.15) is 44.9 Å². The highest BCUT2D eigenvalue weighted by molar-refractivity contribution is 5.89. The molecule has 1 aliphatic heterocycles. The highest BCUT2D eigenvalue weighted by Gasteiger charge is 2.22. The van der Waals surface area contributed by atoms with Gasteiger partial charge in [-0.25, -0.2) is 9.48 Å². The van der Waals surface area contributed by atoms with Gasteiger partial charge in [0.25, 0.3) is 0 Å². The highest BCUT2D eigenvalue weighted by Crippen LogP contribution is 2.26. The van der Waals surface area contributed by atoms with Gasteiger partial charge in [-0.05, 0) is 37.5 Å². The maximum absolute atomic E-state index is 12.5. The maximum Gasteiger partial charge on any atom is 0.320 e. The highest BCUT2D eigenvalue weighted by atomic mass is 16.5. The molecule has 2 N–H and O–H groups in total. The van der Waals surface area contributed by atoms with E-state index in [-0.39, 0.29) is 17.5 Å². The van der Waals surface area contributed by atoms with E-state index >= 15 is 0 Å². The minimum atomic E-state index is -0.203. The molecule has 3 rings (SSSR count). The number of nitrogens with zero attached hydrogens (tertiary/aromatic N) is 2. The van der Waals surface area contributed by atoms with Gasteiger partial charge in [0.1, 0.15) is 5.82 Å². The molecule has 26 heavy (non-hydrogen) atoms. The van der Waals surface area contributed by atoms with Crippen LogP contribution in [0, 0.1) is 6.92 Å². The van der Waals surface area contributed by atoms with Crippen LogP contribution in [0.5, 0.6) is 0 Å². The number of aryl methyl sites for hydroxylation is 1. The zero-order chi connectivity index (χ0) is 18.7. The summed E-state index contributed by atoms with van der Waals surface area (Å²) in [6.07, 6.45) is 1.69. The van der Waals surface area contributed by atoms with Gasteiger partial charge in [0, 0.05) is 30.7 Å². The molecule has 0 aliphatic carbocycles. The quantitative estimate of drug-likeness (QED) is 0.879. The SMILES string of the molecule is Cc1cccc(-n2nc(C(C)(C)C)cc2NC(=O)NC2CCOCC2)c1. The van der Waals surface area contributed by atoms with Gasteiger partial charge in [0.2, 0.25) is 0 Å². The predicted octanol–water partition coefficient (Wildman–Crippen LogP) is 3.78. The van der Waals surface area contributed by atoms with E-state index in [0.717, 1.165) is 29.8 Å². The maximum atomic E-state index is 12.5. The van der Waals surface area contributed by atoms with Gasteiger partial charge < -0.3 is 10.1 Å². The molecule has 2 heterocycles. The van der Waals surface area contributed by atoms with E-state index in [2.05, 4.69) is 37.5 Å². The van der Waals surface area contributed by atoms with Crippen LogP contribution in [0.3, 0.4) is 0 Å². The first-order valence-electron chi connectivity index (χ1n) is 9.16. The molecule has 0 bridgehead atoms. The summed E-state index contributed by atoms with van der Waals surface area (Å²) in [4.78, 5) is 12.5.